The monoisotopic (exact) mass is 382 g/mol. The highest BCUT2D eigenvalue weighted by Gasteiger charge is 2.08. The van der Waals surface area contributed by atoms with Crippen molar-refractivity contribution in [3.63, 3.8) is 0 Å². The van der Waals surface area contributed by atoms with Gasteiger partial charge in [0.25, 0.3) is 0 Å². The SMILES string of the molecule is Cc1ccc(COc2cc(C(=O)O)ccc2I)cc1C. The molecule has 20 heavy (non-hydrogen) atoms. The Balaban J connectivity index is 2.15. The lowest BCUT2D eigenvalue weighted by Crippen LogP contribution is -2.01. The normalized spacial score (nSPS) is 10.3. The fourth-order valence-electron chi connectivity index (χ4n) is 1.80. The number of benzene rings is 2. The van der Waals surface area contributed by atoms with E-state index >= 15 is 0 Å². The van der Waals surface area contributed by atoms with E-state index in [4.69, 9.17) is 9.84 Å². The second kappa shape index (κ2) is 6.26. The molecule has 0 aliphatic heterocycles. The third-order valence-corrected chi connectivity index (χ3v) is 4.04. The minimum atomic E-state index is -0.947. The van der Waals surface area contributed by atoms with Crippen LogP contribution >= 0.6 is 22.6 Å². The lowest BCUT2D eigenvalue weighted by Gasteiger charge is -2.10. The predicted molar refractivity (Wildman–Crippen MR) is 86.4 cm³/mol. The highest BCUT2D eigenvalue weighted by Crippen LogP contribution is 2.23. The van der Waals surface area contributed by atoms with Gasteiger partial charge >= 0.3 is 5.97 Å². The van der Waals surface area contributed by atoms with Gasteiger partial charge in [-0.25, -0.2) is 4.79 Å². The lowest BCUT2D eigenvalue weighted by molar-refractivity contribution is 0.0696. The van der Waals surface area contributed by atoms with Crippen molar-refractivity contribution in [2.45, 2.75) is 20.5 Å². The fourth-order valence-corrected chi connectivity index (χ4v) is 2.29. The summed E-state index contributed by atoms with van der Waals surface area (Å²) in [4.78, 5) is 11.0. The molecular weight excluding hydrogens is 367 g/mol. The number of carboxylic acid groups (broad SMARTS) is 1. The summed E-state index contributed by atoms with van der Waals surface area (Å²) < 4.78 is 6.64. The number of carboxylic acids is 1. The molecule has 4 heteroatoms. The maximum atomic E-state index is 11.0. The number of aromatic carboxylic acids is 1. The van der Waals surface area contributed by atoms with E-state index in [1.165, 1.54) is 11.1 Å². The van der Waals surface area contributed by atoms with Gasteiger partial charge in [-0.1, -0.05) is 18.2 Å². The van der Waals surface area contributed by atoms with Gasteiger partial charge in [0.2, 0.25) is 0 Å². The lowest BCUT2D eigenvalue weighted by atomic mass is 10.1. The molecule has 0 fully saturated rings. The Morgan fingerprint density at radius 2 is 1.90 bits per heavy atom. The number of carbonyl (C=O) groups is 1. The van der Waals surface area contributed by atoms with Crippen LogP contribution in [0.2, 0.25) is 0 Å². The zero-order valence-corrected chi connectivity index (χ0v) is 13.5. The van der Waals surface area contributed by atoms with Gasteiger partial charge in [-0.15, -0.1) is 0 Å². The third-order valence-electron chi connectivity index (χ3n) is 3.14. The molecule has 3 nitrogen and oxygen atoms in total. The van der Waals surface area contributed by atoms with Crippen LogP contribution in [-0.2, 0) is 6.61 Å². The summed E-state index contributed by atoms with van der Waals surface area (Å²) in [5, 5.41) is 8.99. The highest BCUT2D eigenvalue weighted by molar-refractivity contribution is 14.1. The van der Waals surface area contributed by atoms with Gasteiger partial charge in [-0.2, -0.15) is 0 Å². The van der Waals surface area contributed by atoms with E-state index in [0.717, 1.165) is 9.13 Å². The standard InChI is InChI=1S/C16H15IO3/c1-10-3-4-12(7-11(10)2)9-20-15-8-13(16(18)19)5-6-14(15)17/h3-8H,9H2,1-2H3,(H,18,19). The van der Waals surface area contributed by atoms with Crippen LogP contribution in [0.15, 0.2) is 36.4 Å². The van der Waals surface area contributed by atoms with E-state index in [1.54, 1.807) is 18.2 Å². The summed E-state index contributed by atoms with van der Waals surface area (Å²) in [6.45, 7) is 4.56. The van der Waals surface area contributed by atoms with Gasteiger partial charge in [0.15, 0.2) is 0 Å². The molecule has 0 aliphatic carbocycles. The topological polar surface area (TPSA) is 46.5 Å². The van der Waals surface area contributed by atoms with Crippen molar-refractivity contribution in [2.75, 3.05) is 0 Å². The first kappa shape index (κ1) is 14.8. The number of aryl methyl sites for hydroxylation is 2. The molecule has 0 heterocycles. The Morgan fingerprint density at radius 3 is 2.55 bits per heavy atom. The largest absolute Gasteiger partial charge is 0.488 e. The van der Waals surface area contributed by atoms with Crippen molar-refractivity contribution >= 4 is 28.6 Å². The van der Waals surface area contributed by atoms with Crippen molar-refractivity contribution in [1.82, 2.24) is 0 Å². The van der Waals surface area contributed by atoms with Crippen molar-refractivity contribution in [2.24, 2.45) is 0 Å². The molecule has 0 bridgehead atoms. The molecule has 0 aliphatic rings. The number of hydrogen-bond acceptors (Lipinski definition) is 2. The van der Waals surface area contributed by atoms with Crippen molar-refractivity contribution in [3.05, 3.63) is 62.2 Å². The third kappa shape index (κ3) is 3.50. The summed E-state index contributed by atoms with van der Waals surface area (Å²) in [5.74, 6) is -0.346. The van der Waals surface area contributed by atoms with E-state index in [2.05, 4.69) is 48.6 Å². The second-order valence-corrected chi connectivity index (χ2v) is 5.82. The van der Waals surface area contributed by atoms with Crippen LogP contribution in [-0.4, -0.2) is 11.1 Å². The molecular formula is C16H15IO3. The molecule has 0 atom stereocenters. The van der Waals surface area contributed by atoms with E-state index in [9.17, 15) is 4.79 Å². The van der Waals surface area contributed by atoms with Gasteiger partial charge in [0, 0.05) is 0 Å². The summed E-state index contributed by atoms with van der Waals surface area (Å²) in [6.07, 6.45) is 0. The van der Waals surface area contributed by atoms with Crippen molar-refractivity contribution in [3.8, 4) is 5.75 Å². The molecule has 2 aromatic carbocycles. The number of rotatable bonds is 4. The van der Waals surface area contributed by atoms with Crippen molar-refractivity contribution < 1.29 is 14.6 Å². The molecule has 2 aromatic rings. The van der Waals surface area contributed by atoms with E-state index < -0.39 is 5.97 Å². The van der Waals surface area contributed by atoms with Gasteiger partial charge in [0.1, 0.15) is 12.4 Å². The van der Waals surface area contributed by atoms with Crippen LogP contribution in [0.5, 0.6) is 5.75 Å². The van der Waals surface area contributed by atoms with Crippen LogP contribution in [0.25, 0.3) is 0 Å². The van der Waals surface area contributed by atoms with E-state index in [-0.39, 0.29) is 5.56 Å². The molecule has 0 radical (unpaired) electrons. The molecule has 1 N–H and O–H groups in total. The Hall–Kier alpha value is -1.56. The molecule has 0 amide bonds. The minimum absolute atomic E-state index is 0.237. The summed E-state index contributed by atoms with van der Waals surface area (Å²) >= 11 is 2.14. The molecule has 0 aromatic heterocycles. The smallest absolute Gasteiger partial charge is 0.335 e. The first-order valence-corrected chi connectivity index (χ1v) is 7.27. The van der Waals surface area contributed by atoms with Crippen LogP contribution in [0.4, 0.5) is 0 Å². The number of hydrogen-bond donors (Lipinski definition) is 1. The molecule has 0 spiro atoms. The second-order valence-electron chi connectivity index (χ2n) is 4.66. The average Bonchev–Trinajstić information content (AvgIpc) is 2.41. The Bertz CT molecular complexity index is 650. The Kier molecular flexibility index (Phi) is 4.65. The molecule has 0 unspecified atom stereocenters. The molecule has 104 valence electrons. The summed E-state index contributed by atoms with van der Waals surface area (Å²) in [6, 6.07) is 11.1. The van der Waals surface area contributed by atoms with Crippen molar-refractivity contribution in [1.29, 1.82) is 0 Å². The minimum Gasteiger partial charge on any atom is -0.488 e. The number of halogens is 1. The Labute approximate surface area is 131 Å². The summed E-state index contributed by atoms with van der Waals surface area (Å²) in [7, 11) is 0. The fraction of sp³-hybridized carbons (Fsp3) is 0.188. The highest BCUT2D eigenvalue weighted by atomic mass is 127. The molecule has 0 saturated carbocycles. The van der Waals surface area contributed by atoms with Gasteiger partial charge in [-0.05, 0) is 71.3 Å². The zero-order chi connectivity index (χ0) is 14.7. The predicted octanol–water partition coefficient (Wildman–Crippen LogP) is 4.19. The number of ether oxygens (including phenoxy) is 1. The first-order valence-electron chi connectivity index (χ1n) is 6.19. The quantitative estimate of drug-likeness (QED) is 0.807. The zero-order valence-electron chi connectivity index (χ0n) is 11.3. The van der Waals surface area contributed by atoms with Crippen LogP contribution in [0.1, 0.15) is 27.0 Å². The average molecular weight is 382 g/mol. The Morgan fingerprint density at radius 1 is 1.15 bits per heavy atom. The van der Waals surface area contributed by atoms with Gasteiger partial charge in [0.05, 0.1) is 9.13 Å². The maximum absolute atomic E-state index is 11.0. The van der Waals surface area contributed by atoms with E-state index in [0.29, 0.717) is 12.4 Å². The molecule has 2 rings (SSSR count). The molecule has 0 saturated heterocycles. The van der Waals surface area contributed by atoms with Gasteiger partial charge in [-0.3, -0.25) is 0 Å². The summed E-state index contributed by atoms with van der Waals surface area (Å²) in [5.41, 5.74) is 3.78. The van der Waals surface area contributed by atoms with Gasteiger partial charge < -0.3 is 9.84 Å². The van der Waals surface area contributed by atoms with Crippen LogP contribution in [0, 0.1) is 17.4 Å². The van der Waals surface area contributed by atoms with Crippen LogP contribution < -0.4 is 4.74 Å². The first-order chi connectivity index (χ1) is 9.47. The van der Waals surface area contributed by atoms with E-state index in [1.807, 2.05) is 6.07 Å². The van der Waals surface area contributed by atoms with Crippen LogP contribution in [0.3, 0.4) is 0 Å². The maximum Gasteiger partial charge on any atom is 0.335 e.